The van der Waals surface area contributed by atoms with E-state index in [1.807, 2.05) is 42.7 Å². The number of aromatic nitrogens is 4. The molecule has 1 aliphatic heterocycles. The molecular weight excluding hydrogens is 314 g/mol. The number of nitrogens with zero attached hydrogens (tertiary/aromatic N) is 5. The highest BCUT2D eigenvalue weighted by molar-refractivity contribution is 6.30. The van der Waals surface area contributed by atoms with Gasteiger partial charge in [0.1, 0.15) is 5.54 Å². The molecule has 1 fully saturated rings. The predicted octanol–water partition coefficient (Wildman–Crippen LogP) is 2.64. The molecule has 1 amide bonds. The first-order valence-corrected chi connectivity index (χ1v) is 8.26. The number of piperidine rings is 1. The lowest BCUT2D eigenvalue weighted by Gasteiger charge is -2.37. The van der Waals surface area contributed by atoms with Gasteiger partial charge in [-0.25, -0.2) is 0 Å². The Labute approximate surface area is 141 Å². The zero-order valence-electron chi connectivity index (χ0n) is 13.7. The Balaban J connectivity index is 1.76. The molecule has 1 atom stereocenters. The molecule has 3 rings (SSSR count). The third kappa shape index (κ3) is 3.13. The van der Waals surface area contributed by atoms with Crippen molar-refractivity contribution in [2.75, 3.05) is 13.1 Å². The van der Waals surface area contributed by atoms with Crippen molar-refractivity contribution in [2.24, 2.45) is 0 Å². The van der Waals surface area contributed by atoms with Crippen LogP contribution in [0.4, 0.5) is 0 Å². The van der Waals surface area contributed by atoms with Crippen LogP contribution in [0.1, 0.15) is 38.3 Å². The maximum Gasteiger partial charge on any atom is 0.250 e. The van der Waals surface area contributed by atoms with Gasteiger partial charge in [-0.2, -0.15) is 10.2 Å². The van der Waals surface area contributed by atoms with Gasteiger partial charge in [-0.3, -0.25) is 14.2 Å². The normalized spacial score (nSPS) is 19.1. The van der Waals surface area contributed by atoms with Gasteiger partial charge in [0.25, 0.3) is 0 Å². The summed E-state index contributed by atoms with van der Waals surface area (Å²) in [5.74, 6) is 0.0610. The zero-order chi connectivity index (χ0) is 16.6. The topological polar surface area (TPSA) is 56.0 Å². The van der Waals surface area contributed by atoms with Crippen LogP contribution in [-0.2, 0) is 10.3 Å². The largest absolute Gasteiger partial charge is 0.338 e. The minimum absolute atomic E-state index is 0.0610. The first kappa shape index (κ1) is 16.1. The lowest BCUT2D eigenvalue weighted by molar-refractivity contribution is -0.141. The molecule has 124 valence electrons. The Morgan fingerprint density at radius 3 is 2.70 bits per heavy atom. The minimum atomic E-state index is -0.755. The van der Waals surface area contributed by atoms with E-state index in [2.05, 4.69) is 10.2 Å². The van der Waals surface area contributed by atoms with Crippen molar-refractivity contribution < 1.29 is 4.79 Å². The number of likely N-dealkylation sites (tertiary alicyclic amines) is 1. The van der Waals surface area contributed by atoms with Crippen LogP contribution in [0.5, 0.6) is 0 Å². The van der Waals surface area contributed by atoms with Crippen molar-refractivity contribution in [3.8, 4) is 0 Å². The molecule has 3 heterocycles. The third-order valence-electron chi connectivity index (χ3n) is 4.44. The summed E-state index contributed by atoms with van der Waals surface area (Å²) in [5, 5.41) is 9.14. The fourth-order valence-corrected chi connectivity index (χ4v) is 3.22. The van der Waals surface area contributed by atoms with Gasteiger partial charge in [0.05, 0.1) is 23.5 Å². The maximum atomic E-state index is 13.0. The Bertz CT molecular complexity index is 705. The minimum Gasteiger partial charge on any atom is -0.338 e. The molecule has 23 heavy (non-hydrogen) atoms. The molecule has 1 aliphatic rings. The van der Waals surface area contributed by atoms with Gasteiger partial charge in [-0.05, 0) is 39.2 Å². The van der Waals surface area contributed by atoms with E-state index >= 15 is 0 Å². The van der Waals surface area contributed by atoms with E-state index in [4.69, 9.17) is 11.6 Å². The number of hydrogen-bond acceptors (Lipinski definition) is 3. The molecule has 0 aromatic carbocycles. The van der Waals surface area contributed by atoms with Gasteiger partial charge in [0.2, 0.25) is 5.91 Å². The van der Waals surface area contributed by atoms with Crippen molar-refractivity contribution in [3.63, 3.8) is 0 Å². The lowest BCUT2D eigenvalue weighted by Crippen LogP contribution is -2.50. The van der Waals surface area contributed by atoms with Crippen molar-refractivity contribution in [1.82, 2.24) is 24.5 Å². The Morgan fingerprint density at radius 2 is 2.09 bits per heavy atom. The van der Waals surface area contributed by atoms with Crippen molar-refractivity contribution in [2.45, 2.75) is 45.2 Å². The van der Waals surface area contributed by atoms with Crippen LogP contribution in [-0.4, -0.2) is 43.5 Å². The second-order valence-electron chi connectivity index (χ2n) is 6.71. The molecule has 1 unspecified atom stereocenters. The van der Waals surface area contributed by atoms with E-state index in [0.29, 0.717) is 11.6 Å². The van der Waals surface area contributed by atoms with E-state index in [1.165, 1.54) is 0 Å². The highest BCUT2D eigenvalue weighted by Crippen LogP contribution is 2.26. The number of carbonyl (C=O) groups excluding carboxylic acids is 1. The number of carbonyl (C=O) groups is 1. The summed E-state index contributed by atoms with van der Waals surface area (Å²) in [6.07, 6.45) is 9.16. The van der Waals surface area contributed by atoms with Crippen LogP contribution in [0.2, 0.25) is 5.02 Å². The first-order chi connectivity index (χ1) is 10.9. The summed E-state index contributed by atoms with van der Waals surface area (Å²) in [5.41, 5.74) is 0.384. The molecule has 2 aromatic heterocycles. The first-order valence-electron chi connectivity index (χ1n) is 7.88. The van der Waals surface area contributed by atoms with Crippen LogP contribution in [0.3, 0.4) is 0 Å². The molecule has 1 saturated heterocycles. The molecule has 0 bridgehead atoms. The Morgan fingerprint density at radius 1 is 1.30 bits per heavy atom. The van der Waals surface area contributed by atoms with E-state index < -0.39 is 5.54 Å². The molecule has 2 aromatic rings. The quantitative estimate of drug-likeness (QED) is 0.866. The Kier molecular flexibility index (Phi) is 4.19. The highest BCUT2D eigenvalue weighted by atomic mass is 35.5. The third-order valence-corrected chi connectivity index (χ3v) is 4.63. The van der Waals surface area contributed by atoms with Crippen molar-refractivity contribution >= 4 is 17.5 Å². The Hall–Kier alpha value is -1.82. The summed E-state index contributed by atoms with van der Waals surface area (Å²) in [6, 6.07) is 0.235. The average molecular weight is 336 g/mol. The molecular formula is C16H22ClN5O. The summed E-state index contributed by atoms with van der Waals surface area (Å²) in [7, 11) is 0. The van der Waals surface area contributed by atoms with Crippen molar-refractivity contribution in [3.05, 3.63) is 35.4 Å². The van der Waals surface area contributed by atoms with Gasteiger partial charge in [0.15, 0.2) is 0 Å². The van der Waals surface area contributed by atoms with Gasteiger partial charge in [-0.15, -0.1) is 0 Å². The predicted molar refractivity (Wildman–Crippen MR) is 88.4 cm³/mol. The molecule has 0 radical (unpaired) electrons. The van der Waals surface area contributed by atoms with Gasteiger partial charge in [-0.1, -0.05) is 11.6 Å². The van der Waals surface area contributed by atoms with Crippen molar-refractivity contribution in [1.29, 1.82) is 0 Å². The number of aryl methyl sites for hydroxylation is 1. The van der Waals surface area contributed by atoms with Gasteiger partial charge < -0.3 is 4.90 Å². The van der Waals surface area contributed by atoms with Gasteiger partial charge in [0, 0.05) is 25.5 Å². The van der Waals surface area contributed by atoms with Crippen LogP contribution in [0.25, 0.3) is 0 Å². The maximum absolute atomic E-state index is 13.0. The molecule has 0 spiro atoms. The molecule has 0 aliphatic carbocycles. The zero-order valence-corrected chi connectivity index (χ0v) is 14.5. The SMILES string of the molecule is Cc1cnn(C2CCCN(C(=O)C(C)(C)n3cc(Cl)cn3)C2)c1. The van der Waals surface area contributed by atoms with E-state index in [0.717, 1.165) is 24.9 Å². The fourth-order valence-electron chi connectivity index (χ4n) is 3.08. The van der Waals surface area contributed by atoms with Crippen LogP contribution in [0.15, 0.2) is 24.8 Å². The summed E-state index contributed by atoms with van der Waals surface area (Å²) in [6.45, 7) is 7.23. The average Bonchev–Trinajstić information content (AvgIpc) is 3.15. The molecule has 0 N–H and O–H groups in total. The van der Waals surface area contributed by atoms with E-state index in [-0.39, 0.29) is 11.9 Å². The number of rotatable bonds is 3. The second-order valence-corrected chi connectivity index (χ2v) is 7.14. The highest BCUT2D eigenvalue weighted by Gasteiger charge is 2.37. The van der Waals surface area contributed by atoms with E-state index in [9.17, 15) is 4.79 Å². The van der Waals surface area contributed by atoms with E-state index in [1.54, 1.807) is 17.1 Å². The fraction of sp³-hybridized carbons (Fsp3) is 0.562. The lowest BCUT2D eigenvalue weighted by atomic mass is 9.99. The second kappa shape index (κ2) is 6.00. The number of hydrogen-bond donors (Lipinski definition) is 0. The van der Waals surface area contributed by atoms with Crippen LogP contribution in [0, 0.1) is 6.92 Å². The smallest absolute Gasteiger partial charge is 0.250 e. The van der Waals surface area contributed by atoms with Crippen LogP contribution < -0.4 is 0 Å². The summed E-state index contributed by atoms with van der Waals surface area (Å²) in [4.78, 5) is 14.9. The van der Waals surface area contributed by atoms with Crippen LogP contribution >= 0.6 is 11.6 Å². The molecule has 0 saturated carbocycles. The standard InChI is InChI=1S/C16H22ClN5O/c1-12-7-18-21(9-12)14-5-4-6-20(11-14)15(23)16(2,3)22-10-13(17)8-19-22/h7-10,14H,4-6,11H2,1-3H3. The van der Waals surface area contributed by atoms with Gasteiger partial charge >= 0.3 is 0 Å². The monoisotopic (exact) mass is 335 g/mol. The summed E-state index contributed by atoms with van der Waals surface area (Å²) >= 11 is 5.94. The molecule has 6 nitrogen and oxygen atoms in total. The number of amides is 1. The number of halogens is 1. The summed E-state index contributed by atoms with van der Waals surface area (Å²) < 4.78 is 3.62. The molecule has 7 heteroatoms.